The Morgan fingerprint density at radius 2 is 1.04 bits per heavy atom. The van der Waals surface area contributed by atoms with Crippen LogP contribution in [0.25, 0.3) is 0 Å². The van der Waals surface area contributed by atoms with E-state index in [1.54, 1.807) is 24.3 Å². The van der Waals surface area contributed by atoms with Crippen LogP contribution in [0.15, 0.2) is 91.0 Å². The molecule has 0 aromatic heterocycles. The van der Waals surface area contributed by atoms with Gasteiger partial charge in [0, 0.05) is 5.92 Å². The van der Waals surface area contributed by atoms with Crippen molar-refractivity contribution in [1.29, 1.82) is 0 Å². The van der Waals surface area contributed by atoms with Gasteiger partial charge >= 0.3 is 0 Å². The summed E-state index contributed by atoms with van der Waals surface area (Å²) in [6.07, 6.45) is 0. The molecule has 3 heteroatoms. The van der Waals surface area contributed by atoms with Crippen LogP contribution >= 0.6 is 0 Å². The Morgan fingerprint density at radius 1 is 0.696 bits per heavy atom. The Morgan fingerprint density at radius 3 is 1.30 bits per heavy atom. The second-order valence-electron chi connectivity index (χ2n) is 5.06. The first-order chi connectivity index (χ1) is 11.2. The number of carboxylic acids is 1. The summed E-state index contributed by atoms with van der Waals surface area (Å²) in [5.74, 6) is -1.76. The molecule has 0 heterocycles. The molecule has 3 nitrogen and oxygen atoms in total. The van der Waals surface area contributed by atoms with Crippen LogP contribution in [-0.4, -0.2) is 5.97 Å². The highest BCUT2D eigenvalue weighted by Crippen LogP contribution is 2.23. The van der Waals surface area contributed by atoms with Crippen molar-refractivity contribution >= 4 is 11.7 Å². The largest absolute Gasteiger partial charge is 0.549 e. The maximum atomic E-state index is 11.2. The summed E-state index contributed by atoms with van der Waals surface area (Å²) in [4.78, 5) is 11.2. The van der Waals surface area contributed by atoms with Gasteiger partial charge in [-0.15, -0.1) is 0 Å². The van der Waals surface area contributed by atoms with Gasteiger partial charge in [0.25, 0.3) is 0 Å². The van der Waals surface area contributed by atoms with E-state index in [9.17, 15) is 9.90 Å². The Bertz CT molecular complexity index is 673. The second kappa shape index (κ2) is 8.51. The van der Waals surface area contributed by atoms with Crippen molar-refractivity contribution in [3.05, 3.63) is 102 Å². The number of rotatable bonds is 3. The number of hydrogen-bond acceptors (Lipinski definition) is 2. The van der Waals surface area contributed by atoms with Gasteiger partial charge in [0.15, 0.2) is 0 Å². The number of carboxylic acid groups (broad SMARTS) is 1. The van der Waals surface area contributed by atoms with Crippen LogP contribution in [0.1, 0.15) is 17.0 Å². The molecule has 3 N–H and O–H groups in total. The van der Waals surface area contributed by atoms with Crippen molar-refractivity contribution in [3.63, 3.8) is 0 Å². The molecule has 0 aliphatic heterocycles. The number of hydrogen-bond donors (Lipinski definition) is 1. The monoisotopic (exact) mass is 305 g/mol. The van der Waals surface area contributed by atoms with Crippen molar-refractivity contribution in [2.24, 2.45) is 0 Å². The summed E-state index contributed by atoms with van der Waals surface area (Å²) >= 11 is 0. The van der Waals surface area contributed by atoms with Crippen LogP contribution in [0.3, 0.4) is 0 Å². The molecule has 0 atom stereocenters. The fourth-order valence-corrected chi connectivity index (χ4v) is 2.23. The van der Waals surface area contributed by atoms with Gasteiger partial charge < -0.3 is 15.6 Å². The highest BCUT2D eigenvalue weighted by Gasteiger charge is 2.14. The van der Waals surface area contributed by atoms with Crippen LogP contribution in [0.4, 0.5) is 5.69 Å². The number of carbonyl (C=O) groups is 1. The third-order valence-corrected chi connectivity index (χ3v) is 3.34. The SMILES string of the molecule is O=C([O-])C(c1ccccc1)c1ccccc1.[NH3+]c1ccccc1. The van der Waals surface area contributed by atoms with E-state index in [1.807, 2.05) is 66.7 Å². The lowest BCUT2D eigenvalue weighted by Gasteiger charge is -2.18. The van der Waals surface area contributed by atoms with E-state index >= 15 is 0 Å². The van der Waals surface area contributed by atoms with Gasteiger partial charge in [0.05, 0.1) is 5.97 Å². The molecule has 0 saturated heterocycles. The molecule has 0 saturated carbocycles. The normalized spacial score (nSPS) is 9.83. The maximum absolute atomic E-state index is 11.2. The molecule has 0 fully saturated rings. The summed E-state index contributed by atoms with van der Waals surface area (Å²) in [5, 5.41) is 11.2. The third-order valence-electron chi connectivity index (χ3n) is 3.34. The lowest BCUT2D eigenvalue weighted by Crippen LogP contribution is -2.39. The fraction of sp³-hybridized carbons (Fsp3) is 0.0500. The van der Waals surface area contributed by atoms with Crippen LogP contribution < -0.4 is 10.8 Å². The van der Waals surface area contributed by atoms with Gasteiger partial charge in [-0.05, 0) is 23.3 Å². The minimum atomic E-state index is -1.07. The van der Waals surface area contributed by atoms with Gasteiger partial charge in [-0.2, -0.15) is 0 Å². The molecule has 23 heavy (non-hydrogen) atoms. The van der Waals surface area contributed by atoms with Gasteiger partial charge in [-0.1, -0.05) is 78.9 Å². The van der Waals surface area contributed by atoms with E-state index in [4.69, 9.17) is 0 Å². The predicted octanol–water partition coefficient (Wildman–Crippen LogP) is 2.13. The van der Waals surface area contributed by atoms with Crippen LogP contribution in [-0.2, 0) is 4.79 Å². The first-order valence-electron chi connectivity index (χ1n) is 7.36. The van der Waals surface area contributed by atoms with Crippen molar-refractivity contribution in [2.75, 3.05) is 0 Å². The average Bonchev–Trinajstić information content (AvgIpc) is 2.58. The highest BCUT2D eigenvalue weighted by molar-refractivity contribution is 5.78. The third kappa shape index (κ3) is 5.09. The van der Waals surface area contributed by atoms with Crippen molar-refractivity contribution < 1.29 is 15.6 Å². The van der Waals surface area contributed by atoms with Crippen LogP contribution in [0.2, 0.25) is 0 Å². The first kappa shape index (κ1) is 16.5. The highest BCUT2D eigenvalue weighted by atomic mass is 16.4. The zero-order valence-electron chi connectivity index (χ0n) is 12.8. The number of benzene rings is 3. The maximum Gasteiger partial charge on any atom is 0.127 e. The molecule has 3 rings (SSSR count). The molecule has 0 aliphatic carbocycles. The van der Waals surface area contributed by atoms with E-state index in [-0.39, 0.29) is 0 Å². The van der Waals surface area contributed by atoms with Crippen molar-refractivity contribution in [1.82, 2.24) is 0 Å². The smallest absolute Gasteiger partial charge is 0.127 e. The Hall–Kier alpha value is -2.91. The molecule has 116 valence electrons. The molecule has 0 bridgehead atoms. The van der Waals surface area contributed by atoms with E-state index < -0.39 is 11.9 Å². The first-order valence-corrected chi connectivity index (χ1v) is 7.36. The van der Waals surface area contributed by atoms with Gasteiger partial charge in [-0.3, -0.25) is 0 Å². The Kier molecular flexibility index (Phi) is 6.09. The van der Waals surface area contributed by atoms with Crippen molar-refractivity contribution in [2.45, 2.75) is 5.92 Å². The topological polar surface area (TPSA) is 67.8 Å². The van der Waals surface area contributed by atoms with Gasteiger partial charge in [0.1, 0.15) is 5.69 Å². The number of carbonyl (C=O) groups excluding carboxylic acids is 1. The van der Waals surface area contributed by atoms with Gasteiger partial charge in [-0.25, -0.2) is 0 Å². The molecular formula is C20H19NO2. The van der Waals surface area contributed by atoms with E-state index in [2.05, 4.69) is 5.73 Å². The van der Waals surface area contributed by atoms with Crippen molar-refractivity contribution in [3.8, 4) is 0 Å². The zero-order valence-corrected chi connectivity index (χ0v) is 12.8. The van der Waals surface area contributed by atoms with Crippen LogP contribution in [0.5, 0.6) is 0 Å². The molecule has 0 spiro atoms. The lowest BCUT2D eigenvalue weighted by molar-refractivity contribution is -0.306. The van der Waals surface area contributed by atoms with E-state index in [0.717, 1.165) is 16.8 Å². The predicted molar refractivity (Wildman–Crippen MR) is 88.7 cm³/mol. The summed E-state index contributed by atoms with van der Waals surface area (Å²) in [6, 6.07) is 28.1. The minimum absolute atomic E-state index is 0.692. The fourth-order valence-electron chi connectivity index (χ4n) is 2.23. The molecule has 3 aromatic carbocycles. The minimum Gasteiger partial charge on any atom is -0.549 e. The molecule has 0 aliphatic rings. The van der Waals surface area contributed by atoms with E-state index in [1.165, 1.54) is 0 Å². The van der Waals surface area contributed by atoms with E-state index in [0.29, 0.717) is 0 Å². The molecule has 3 aromatic rings. The quantitative estimate of drug-likeness (QED) is 0.805. The summed E-state index contributed by atoms with van der Waals surface area (Å²) in [7, 11) is 0. The Balaban J connectivity index is 0.000000229. The molecule has 0 radical (unpaired) electrons. The Labute approximate surface area is 136 Å². The molecule has 0 unspecified atom stereocenters. The zero-order chi connectivity index (χ0) is 16.5. The average molecular weight is 305 g/mol. The summed E-state index contributed by atoms with van der Waals surface area (Å²) in [5.41, 5.74) is 6.28. The standard InChI is InChI=1S/C14H12O2.C6H7N/c15-14(16)13(11-7-3-1-4-8-11)12-9-5-2-6-10-12;7-6-4-2-1-3-5-6/h1-10,13H,(H,15,16);1-5H,7H2. The summed E-state index contributed by atoms with van der Waals surface area (Å²) in [6.45, 7) is 0. The summed E-state index contributed by atoms with van der Waals surface area (Å²) < 4.78 is 0. The molecular weight excluding hydrogens is 286 g/mol. The lowest BCUT2D eigenvalue weighted by atomic mass is 9.92. The second-order valence-corrected chi connectivity index (χ2v) is 5.06. The number of aliphatic carboxylic acids is 1. The van der Waals surface area contributed by atoms with Gasteiger partial charge in [0.2, 0.25) is 0 Å². The number of quaternary nitrogens is 1. The molecule has 0 amide bonds. The van der Waals surface area contributed by atoms with Crippen LogP contribution in [0, 0.1) is 0 Å².